The predicted molar refractivity (Wildman–Crippen MR) is 193 cm³/mol. The van der Waals surface area contributed by atoms with E-state index in [1.807, 2.05) is 0 Å². The number of hydrogen-bond acceptors (Lipinski definition) is 6. The second kappa shape index (κ2) is 34.1. The SMILES string of the molecule is CC/C=C\C/C=C\C/C=C\CCCCCCCC(=O)OC(COC(=O)CCCCCCCCCCCCCCCC)COP(=O)(O)O. The van der Waals surface area contributed by atoms with Gasteiger partial charge in [-0.05, 0) is 44.9 Å². The molecular weight excluding hydrogens is 615 g/mol. The third-order valence-corrected chi connectivity index (χ3v) is 8.41. The topological polar surface area (TPSA) is 119 Å². The highest BCUT2D eigenvalue weighted by Gasteiger charge is 2.22. The van der Waals surface area contributed by atoms with Crippen LogP contribution in [-0.4, -0.2) is 41.0 Å². The number of carbonyl (C=O) groups is 2. The van der Waals surface area contributed by atoms with Gasteiger partial charge in [-0.25, -0.2) is 4.57 Å². The minimum atomic E-state index is -4.75. The van der Waals surface area contributed by atoms with Crippen molar-refractivity contribution in [1.29, 1.82) is 0 Å². The molecule has 0 saturated heterocycles. The first-order chi connectivity index (χ1) is 22.8. The Labute approximate surface area is 287 Å². The van der Waals surface area contributed by atoms with Crippen LogP contribution in [0.3, 0.4) is 0 Å². The molecule has 0 fully saturated rings. The van der Waals surface area contributed by atoms with Crippen LogP contribution in [0.5, 0.6) is 0 Å². The summed E-state index contributed by atoms with van der Waals surface area (Å²) in [5.41, 5.74) is 0. The zero-order chi connectivity index (χ0) is 34.7. The molecule has 274 valence electrons. The van der Waals surface area contributed by atoms with E-state index in [1.54, 1.807) is 0 Å². The van der Waals surface area contributed by atoms with Crippen molar-refractivity contribution in [3.8, 4) is 0 Å². The largest absolute Gasteiger partial charge is 0.469 e. The number of unbranched alkanes of at least 4 members (excludes halogenated alkanes) is 18. The van der Waals surface area contributed by atoms with Gasteiger partial charge in [0, 0.05) is 12.8 Å². The maximum Gasteiger partial charge on any atom is 0.469 e. The average molecular weight is 685 g/mol. The van der Waals surface area contributed by atoms with E-state index in [1.165, 1.54) is 70.6 Å². The Morgan fingerprint density at radius 3 is 1.53 bits per heavy atom. The number of phosphoric acid groups is 1. The number of ether oxygens (including phenoxy) is 2. The fourth-order valence-corrected chi connectivity index (χ4v) is 5.51. The van der Waals surface area contributed by atoms with Gasteiger partial charge in [0.2, 0.25) is 0 Å². The monoisotopic (exact) mass is 684 g/mol. The standard InChI is InChI=1S/C38H69O8P/c1-3-5-7-9-11-13-15-17-19-21-23-25-27-29-31-33-38(40)46-36(35-45-47(41,42)43)34-44-37(39)32-30-28-26-24-22-20-18-16-14-12-10-8-6-4-2/h5,7,11,13,17,19,36H,3-4,6,8-10,12,14-16,18,20-35H2,1-2H3,(H2,41,42,43)/b7-5-,13-11-,19-17-. The minimum Gasteiger partial charge on any atom is -0.462 e. The van der Waals surface area contributed by atoms with E-state index in [0.717, 1.165) is 70.6 Å². The van der Waals surface area contributed by atoms with Crippen molar-refractivity contribution in [3.63, 3.8) is 0 Å². The van der Waals surface area contributed by atoms with Gasteiger partial charge in [-0.3, -0.25) is 14.1 Å². The van der Waals surface area contributed by atoms with E-state index in [0.29, 0.717) is 6.42 Å². The predicted octanol–water partition coefficient (Wildman–Crippen LogP) is 11.0. The maximum absolute atomic E-state index is 12.3. The molecule has 0 aliphatic carbocycles. The van der Waals surface area contributed by atoms with Crippen molar-refractivity contribution < 1.29 is 37.9 Å². The van der Waals surface area contributed by atoms with E-state index in [4.69, 9.17) is 19.3 Å². The fraction of sp³-hybridized carbons (Fsp3) is 0.789. The van der Waals surface area contributed by atoms with E-state index < -0.39 is 32.5 Å². The molecule has 0 aromatic carbocycles. The summed E-state index contributed by atoms with van der Waals surface area (Å²) in [4.78, 5) is 42.7. The highest BCUT2D eigenvalue weighted by molar-refractivity contribution is 7.46. The lowest BCUT2D eigenvalue weighted by atomic mass is 10.0. The van der Waals surface area contributed by atoms with Crippen molar-refractivity contribution in [2.24, 2.45) is 0 Å². The van der Waals surface area contributed by atoms with Gasteiger partial charge >= 0.3 is 19.8 Å². The molecule has 0 spiro atoms. The Bertz CT molecular complexity index is 864. The van der Waals surface area contributed by atoms with Crippen LogP contribution >= 0.6 is 7.82 Å². The maximum atomic E-state index is 12.3. The lowest BCUT2D eigenvalue weighted by molar-refractivity contribution is -0.161. The fourth-order valence-electron chi connectivity index (χ4n) is 5.15. The zero-order valence-corrected chi connectivity index (χ0v) is 30.8. The van der Waals surface area contributed by atoms with Crippen molar-refractivity contribution in [3.05, 3.63) is 36.5 Å². The molecule has 1 atom stereocenters. The highest BCUT2D eigenvalue weighted by atomic mass is 31.2. The Morgan fingerprint density at radius 2 is 1.02 bits per heavy atom. The highest BCUT2D eigenvalue weighted by Crippen LogP contribution is 2.36. The van der Waals surface area contributed by atoms with Crippen LogP contribution in [-0.2, 0) is 28.2 Å². The van der Waals surface area contributed by atoms with E-state index >= 15 is 0 Å². The molecule has 0 aromatic rings. The van der Waals surface area contributed by atoms with E-state index in [9.17, 15) is 14.2 Å². The molecule has 47 heavy (non-hydrogen) atoms. The molecule has 9 heteroatoms. The lowest BCUT2D eigenvalue weighted by Crippen LogP contribution is -2.29. The molecule has 0 saturated carbocycles. The summed E-state index contributed by atoms with van der Waals surface area (Å²) >= 11 is 0. The Balaban J connectivity index is 3.99. The second-order valence-electron chi connectivity index (χ2n) is 12.5. The van der Waals surface area contributed by atoms with Gasteiger partial charge in [-0.1, -0.05) is 153 Å². The molecule has 0 heterocycles. The third-order valence-electron chi connectivity index (χ3n) is 7.92. The van der Waals surface area contributed by atoms with Crippen LogP contribution in [0.25, 0.3) is 0 Å². The molecule has 0 aliphatic rings. The summed E-state index contributed by atoms with van der Waals surface area (Å²) in [5.74, 6) is -0.902. The molecule has 1 unspecified atom stereocenters. The smallest absolute Gasteiger partial charge is 0.462 e. The van der Waals surface area contributed by atoms with Gasteiger partial charge in [0.05, 0.1) is 6.61 Å². The number of hydrogen-bond donors (Lipinski definition) is 2. The van der Waals surface area contributed by atoms with Crippen LogP contribution in [0.1, 0.15) is 174 Å². The number of phosphoric ester groups is 1. The summed E-state index contributed by atoms with van der Waals surface area (Å²) in [6, 6.07) is 0. The van der Waals surface area contributed by atoms with Crippen LogP contribution in [0, 0.1) is 0 Å². The van der Waals surface area contributed by atoms with Gasteiger partial charge in [0.15, 0.2) is 6.10 Å². The van der Waals surface area contributed by atoms with Crippen molar-refractivity contribution in [2.45, 2.75) is 180 Å². The van der Waals surface area contributed by atoms with Gasteiger partial charge in [-0.2, -0.15) is 0 Å². The second-order valence-corrected chi connectivity index (χ2v) is 13.8. The van der Waals surface area contributed by atoms with Crippen LogP contribution in [0.15, 0.2) is 36.5 Å². The van der Waals surface area contributed by atoms with Crippen LogP contribution in [0.2, 0.25) is 0 Å². The summed E-state index contributed by atoms with van der Waals surface area (Å²) in [6.45, 7) is 3.55. The Hall–Kier alpha value is -1.73. The van der Waals surface area contributed by atoms with Crippen LogP contribution < -0.4 is 0 Å². The molecule has 0 bridgehead atoms. The molecule has 0 radical (unpaired) electrons. The number of carbonyl (C=O) groups excluding carboxylic acids is 2. The van der Waals surface area contributed by atoms with E-state index in [2.05, 4.69) is 54.8 Å². The first-order valence-electron chi connectivity index (χ1n) is 18.8. The zero-order valence-electron chi connectivity index (χ0n) is 29.9. The van der Waals surface area contributed by atoms with E-state index in [-0.39, 0.29) is 19.4 Å². The molecule has 8 nitrogen and oxygen atoms in total. The summed E-state index contributed by atoms with van der Waals surface area (Å²) in [6.07, 6.45) is 38.6. The quantitative estimate of drug-likeness (QED) is 0.0297. The van der Waals surface area contributed by atoms with Crippen LogP contribution in [0.4, 0.5) is 0 Å². The third kappa shape index (κ3) is 36.9. The molecule has 0 aromatic heterocycles. The van der Waals surface area contributed by atoms with Crippen molar-refractivity contribution in [1.82, 2.24) is 0 Å². The molecule has 2 N–H and O–H groups in total. The summed E-state index contributed by atoms with van der Waals surface area (Å²) < 4.78 is 26.3. The summed E-state index contributed by atoms with van der Waals surface area (Å²) in [5, 5.41) is 0. The Kier molecular flexibility index (Phi) is 32.9. The van der Waals surface area contributed by atoms with Gasteiger partial charge in [0.1, 0.15) is 6.61 Å². The van der Waals surface area contributed by atoms with Gasteiger partial charge < -0.3 is 19.3 Å². The number of rotatable bonds is 34. The molecule has 0 rings (SSSR count). The molecular formula is C38H69O8P. The minimum absolute atomic E-state index is 0.194. The van der Waals surface area contributed by atoms with Crippen molar-refractivity contribution in [2.75, 3.05) is 13.2 Å². The van der Waals surface area contributed by atoms with Gasteiger partial charge in [0.25, 0.3) is 0 Å². The lowest BCUT2D eigenvalue weighted by Gasteiger charge is -2.18. The van der Waals surface area contributed by atoms with Gasteiger partial charge in [-0.15, -0.1) is 0 Å². The molecule has 0 amide bonds. The summed E-state index contributed by atoms with van der Waals surface area (Å²) in [7, 11) is -4.75. The average Bonchev–Trinajstić information content (AvgIpc) is 3.03. The van der Waals surface area contributed by atoms with Crippen molar-refractivity contribution >= 4 is 19.8 Å². The normalized spacial score (nSPS) is 12.9. The Morgan fingerprint density at radius 1 is 0.574 bits per heavy atom. The number of allylic oxidation sites excluding steroid dienone is 6. The molecule has 0 aliphatic heterocycles. The number of esters is 2. The first kappa shape index (κ1) is 45.3. The first-order valence-corrected chi connectivity index (χ1v) is 20.3.